The van der Waals surface area contributed by atoms with Gasteiger partial charge in [0.05, 0.1) is 11.0 Å². The molecule has 0 bridgehead atoms. The number of para-hydroxylation sites is 1. The highest BCUT2D eigenvalue weighted by Crippen LogP contribution is 2.31. The van der Waals surface area contributed by atoms with E-state index in [-0.39, 0.29) is 11.8 Å². The number of likely N-dealkylation sites (tertiary alicyclic amines) is 1. The SMILES string of the molecule is CNc1ccccc1C(=O)N1CCC(C)(C(N)=O)C1. The third kappa shape index (κ3) is 2.41. The van der Waals surface area contributed by atoms with Crippen LogP contribution >= 0.6 is 0 Å². The van der Waals surface area contributed by atoms with E-state index in [1.165, 1.54) is 0 Å². The smallest absolute Gasteiger partial charge is 0.255 e. The second-order valence-corrected chi connectivity index (χ2v) is 5.20. The summed E-state index contributed by atoms with van der Waals surface area (Å²) in [7, 11) is 1.78. The minimum atomic E-state index is -0.607. The summed E-state index contributed by atoms with van der Waals surface area (Å²) in [5.41, 5.74) is 6.21. The average molecular weight is 261 g/mol. The van der Waals surface area contributed by atoms with Crippen LogP contribution in [0.4, 0.5) is 5.69 Å². The number of benzene rings is 1. The Kier molecular flexibility index (Phi) is 3.46. The maximum Gasteiger partial charge on any atom is 0.255 e. The number of anilines is 1. The highest BCUT2D eigenvalue weighted by molar-refractivity contribution is 6.00. The van der Waals surface area contributed by atoms with E-state index in [9.17, 15) is 9.59 Å². The lowest BCUT2D eigenvalue weighted by Gasteiger charge is -2.22. The van der Waals surface area contributed by atoms with Crippen LogP contribution in [0.3, 0.4) is 0 Å². The van der Waals surface area contributed by atoms with Gasteiger partial charge in [-0.1, -0.05) is 12.1 Å². The van der Waals surface area contributed by atoms with Gasteiger partial charge in [-0.05, 0) is 25.5 Å². The molecule has 0 aliphatic carbocycles. The Labute approximate surface area is 112 Å². The van der Waals surface area contributed by atoms with Crippen LogP contribution in [0.5, 0.6) is 0 Å². The van der Waals surface area contributed by atoms with Crippen LogP contribution in [-0.4, -0.2) is 36.9 Å². The molecule has 1 fully saturated rings. The van der Waals surface area contributed by atoms with Crippen LogP contribution in [0.25, 0.3) is 0 Å². The number of nitrogens with two attached hydrogens (primary N) is 1. The number of hydrogen-bond donors (Lipinski definition) is 2. The fraction of sp³-hybridized carbons (Fsp3) is 0.429. The van der Waals surface area contributed by atoms with Crippen molar-refractivity contribution in [3.05, 3.63) is 29.8 Å². The summed E-state index contributed by atoms with van der Waals surface area (Å²) in [6.07, 6.45) is 0.621. The summed E-state index contributed by atoms with van der Waals surface area (Å²) < 4.78 is 0. The molecule has 1 unspecified atom stereocenters. The zero-order valence-corrected chi connectivity index (χ0v) is 11.3. The predicted octanol–water partition coefficient (Wildman–Crippen LogP) is 1.07. The number of carbonyl (C=O) groups is 2. The third-order valence-corrected chi connectivity index (χ3v) is 3.78. The summed E-state index contributed by atoms with van der Waals surface area (Å²) in [5, 5.41) is 3.00. The van der Waals surface area contributed by atoms with Gasteiger partial charge < -0.3 is 16.0 Å². The summed E-state index contributed by atoms with van der Waals surface area (Å²) >= 11 is 0. The number of nitrogens with zero attached hydrogens (tertiary/aromatic N) is 1. The molecule has 19 heavy (non-hydrogen) atoms. The fourth-order valence-corrected chi connectivity index (χ4v) is 2.39. The molecule has 102 valence electrons. The molecule has 1 aromatic carbocycles. The number of primary amides is 1. The van der Waals surface area contributed by atoms with Gasteiger partial charge in [0, 0.05) is 25.8 Å². The van der Waals surface area contributed by atoms with Crippen molar-refractivity contribution in [2.75, 3.05) is 25.5 Å². The quantitative estimate of drug-likeness (QED) is 0.854. The van der Waals surface area contributed by atoms with Crippen molar-refractivity contribution in [2.24, 2.45) is 11.1 Å². The van der Waals surface area contributed by atoms with Gasteiger partial charge in [-0.3, -0.25) is 9.59 Å². The number of nitrogens with one attached hydrogen (secondary N) is 1. The molecule has 0 radical (unpaired) electrons. The largest absolute Gasteiger partial charge is 0.387 e. The Balaban J connectivity index is 2.20. The van der Waals surface area contributed by atoms with Crippen LogP contribution in [0.15, 0.2) is 24.3 Å². The highest BCUT2D eigenvalue weighted by atomic mass is 16.2. The molecular weight excluding hydrogens is 242 g/mol. The first-order valence-electron chi connectivity index (χ1n) is 6.34. The number of carbonyl (C=O) groups excluding carboxylic acids is 2. The lowest BCUT2D eigenvalue weighted by atomic mass is 9.89. The van der Waals surface area contributed by atoms with Crippen molar-refractivity contribution in [3.8, 4) is 0 Å². The third-order valence-electron chi connectivity index (χ3n) is 3.78. The lowest BCUT2D eigenvalue weighted by Crippen LogP contribution is -2.38. The first-order valence-corrected chi connectivity index (χ1v) is 6.34. The Morgan fingerprint density at radius 2 is 2.05 bits per heavy atom. The molecule has 1 heterocycles. The van der Waals surface area contributed by atoms with Crippen LogP contribution < -0.4 is 11.1 Å². The standard InChI is InChI=1S/C14H19N3O2/c1-14(13(15)19)7-8-17(9-14)12(18)10-5-3-4-6-11(10)16-2/h3-6,16H,7-9H2,1-2H3,(H2,15,19). The van der Waals surface area contributed by atoms with E-state index in [1.807, 2.05) is 25.1 Å². The van der Waals surface area contributed by atoms with E-state index in [2.05, 4.69) is 5.32 Å². The fourth-order valence-electron chi connectivity index (χ4n) is 2.39. The molecule has 5 nitrogen and oxygen atoms in total. The van der Waals surface area contributed by atoms with Crippen molar-refractivity contribution in [3.63, 3.8) is 0 Å². The normalized spacial score (nSPS) is 22.3. The van der Waals surface area contributed by atoms with Gasteiger partial charge in [-0.15, -0.1) is 0 Å². The van der Waals surface area contributed by atoms with Crippen molar-refractivity contribution in [1.29, 1.82) is 0 Å². The average Bonchev–Trinajstić information content (AvgIpc) is 2.82. The molecule has 0 aromatic heterocycles. The molecule has 1 aromatic rings. The first kappa shape index (κ1) is 13.4. The van der Waals surface area contributed by atoms with Crippen molar-refractivity contribution in [2.45, 2.75) is 13.3 Å². The van der Waals surface area contributed by atoms with E-state index in [0.717, 1.165) is 5.69 Å². The van der Waals surface area contributed by atoms with Crippen LogP contribution in [0.1, 0.15) is 23.7 Å². The zero-order valence-electron chi connectivity index (χ0n) is 11.3. The number of rotatable bonds is 3. The number of amides is 2. The molecule has 1 aliphatic heterocycles. The first-order chi connectivity index (χ1) is 8.98. The Morgan fingerprint density at radius 1 is 1.37 bits per heavy atom. The van der Waals surface area contributed by atoms with Gasteiger partial charge in [0.2, 0.25) is 5.91 Å². The second-order valence-electron chi connectivity index (χ2n) is 5.20. The maximum absolute atomic E-state index is 12.5. The van der Waals surface area contributed by atoms with Gasteiger partial charge in [0.1, 0.15) is 0 Å². The van der Waals surface area contributed by atoms with Gasteiger partial charge in [0.15, 0.2) is 0 Å². The van der Waals surface area contributed by atoms with Crippen LogP contribution in [-0.2, 0) is 4.79 Å². The van der Waals surface area contributed by atoms with Gasteiger partial charge >= 0.3 is 0 Å². The van der Waals surface area contributed by atoms with E-state index in [4.69, 9.17) is 5.73 Å². The van der Waals surface area contributed by atoms with Crippen molar-refractivity contribution in [1.82, 2.24) is 4.90 Å². The molecular formula is C14H19N3O2. The minimum Gasteiger partial charge on any atom is -0.387 e. The van der Waals surface area contributed by atoms with E-state index >= 15 is 0 Å². The van der Waals surface area contributed by atoms with E-state index in [0.29, 0.717) is 25.1 Å². The van der Waals surface area contributed by atoms with Crippen molar-refractivity contribution >= 4 is 17.5 Å². The summed E-state index contributed by atoms with van der Waals surface area (Å²) in [4.78, 5) is 25.6. The molecule has 2 rings (SSSR count). The Bertz CT molecular complexity index is 515. The predicted molar refractivity (Wildman–Crippen MR) is 73.8 cm³/mol. The minimum absolute atomic E-state index is 0.0603. The van der Waals surface area contributed by atoms with E-state index in [1.54, 1.807) is 18.0 Å². The Hall–Kier alpha value is -2.04. The summed E-state index contributed by atoms with van der Waals surface area (Å²) in [5.74, 6) is -0.403. The highest BCUT2D eigenvalue weighted by Gasteiger charge is 2.41. The van der Waals surface area contributed by atoms with Gasteiger partial charge in [-0.2, -0.15) is 0 Å². The number of hydrogen-bond acceptors (Lipinski definition) is 3. The monoisotopic (exact) mass is 261 g/mol. The topological polar surface area (TPSA) is 75.4 Å². The van der Waals surface area contributed by atoms with Crippen molar-refractivity contribution < 1.29 is 9.59 Å². The molecule has 0 saturated carbocycles. The summed E-state index contributed by atoms with van der Waals surface area (Å²) in [6, 6.07) is 7.35. The van der Waals surface area contributed by atoms with Gasteiger partial charge in [0.25, 0.3) is 5.91 Å². The maximum atomic E-state index is 12.5. The van der Waals surface area contributed by atoms with Crippen LogP contribution in [0, 0.1) is 5.41 Å². The lowest BCUT2D eigenvalue weighted by molar-refractivity contribution is -0.126. The Morgan fingerprint density at radius 3 is 2.63 bits per heavy atom. The zero-order chi connectivity index (χ0) is 14.0. The summed E-state index contributed by atoms with van der Waals surface area (Å²) in [6.45, 7) is 2.77. The molecule has 0 spiro atoms. The molecule has 3 N–H and O–H groups in total. The second kappa shape index (κ2) is 4.91. The molecule has 1 atom stereocenters. The molecule has 5 heteroatoms. The molecule has 1 aliphatic rings. The van der Waals surface area contributed by atoms with Crippen LogP contribution in [0.2, 0.25) is 0 Å². The molecule has 1 saturated heterocycles. The van der Waals surface area contributed by atoms with Gasteiger partial charge in [-0.25, -0.2) is 0 Å². The molecule has 2 amide bonds. The van der Waals surface area contributed by atoms with E-state index < -0.39 is 5.41 Å².